The molecular weight excluding hydrogens is 716 g/mol. The van der Waals surface area contributed by atoms with Crippen LogP contribution >= 0.6 is 107 Å². The SMILES string of the molecule is CC(C)C(C)(C)[Si](Br)([Si](Br)(Br)Br)[Si](Br)(Br)Br. The van der Waals surface area contributed by atoms with Crippen molar-refractivity contribution >= 4 is 120 Å². The van der Waals surface area contributed by atoms with E-state index in [9.17, 15) is 0 Å². The van der Waals surface area contributed by atoms with Crippen LogP contribution in [0.5, 0.6) is 0 Å². The summed E-state index contributed by atoms with van der Waals surface area (Å²) < 4.78 is -3.66. The predicted octanol–water partition coefficient (Wildman–Crippen LogP) is 7.17. The Balaban J connectivity index is 5.81. The fourth-order valence-electron chi connectivity index (χ4n) is 1.29. The van der Waals surface area contributed by atoms with Crippen molar-refractivity contribution in [2.75, 3.05) is 0 Å². The van der Waals surface area contributed by atoms with E-state index < -0.39 is 12.6 Å². The van der Waals surface area contributed by atoms with Crippen molar-refractivity contribution in [2.24, 2.45) is 5.92 Å². The Labute approximate surface area is 156 Å². The van der Waals surface area contributed by atoms with Gasteiger partial charge in [0, 0.05) is 0 Å². The van der Waals surface area contributed by atoms with Gasteiger partial charge in [-0.3, -0.25) is 0 Å². The number of hydrogen-bond acceptors (Lipinski definition) is 0. The van der Waals surface area contributed by atoms with E-state index in [4.69, 9.17) is 0 Å². The van der Waals surface area contributed by atoms with Crippen LogP contribution in [0.1, 0.15) is 27.7 Å². The topological polar surface area (TPSA) is 0 Å². The van der Waals surface area contributed by atoms with Crippen molar-refractivity contribution in [1.29, 1.82) is 0 Å². The van der Waals surface area contributed by atoms with Gasteiger partial charge in [-0.25, -0.2) is 0 Å². The van der Waals surface area contributed by atoms with Crippen molar-refractivity contribution < 1.29 is 0 Å². The lowest BCUT2D eigenvalue weighted by Gasteiger charge is -2.50. The van der Waals surface area contributed by atoms with E-state index in [0.717, 1.165) is 0 Å². The van der Waals surface area contributed by atoms with E-state index in [-0.39, 0.29) is 5.04 Å². The minimum absolute atomic E-state index is 0.221. The van der Waals surface area contributed by atoms with Crippen molar-refractivity contribution in [2.45, 2.75) is 32.7 Å². The molecule has 0 rings (SSSR count). The highest BCUT2D eigenvalue weighted by Gasteiger charge is 2.70. The van der Waals surface area contributed by atoms with Crippen molar-refractivity contribution in [3.8, 4) is 0 Å². The van der Waals surface area contributed by atoms with Gasteiger partial charge in [0.15, 0.2) is 5.73 Å². The zero-order valence-electron chi connectivity index (χ0n) is 9.22. The number of hydrogen-bond donors (Lipinski definition) is 0. The van der Waals surface area contributed by atoms with Gasteiger partial charge < -0.3 is 0 Å². The maximum atomic E-state index is 4.13. The highest BCUT2D eigenvalue weighted by Crippen LogP contribution is 2.64. The van der Waals surface area contributed by atoms with Gasteiger partial charge in [-0.2, -0.15) is 0 Å². The standard InChI is InChI=1S/C6H13Br7Si3/c1-5(2)6(3,4)14(7,15(8,9)10)16(11,12)13/h5H,1-4H3. The van der Waals surface area contributed by atoms with Gasteiger partial charge in [0.1, 0.15) is 0 Å². The summed E-state index contributed by atoms with van der Waals surface area (Å²) in [5.41, 5.74) is -1.85. The van der Waals surface area contributed by atoms with Gasteiger partial charge in [0.25, 0.3) is 6.90 Å². The maximum absolute atomic E-state index is 4.13. The van der Waals surface area contributed by atoms with E-state index in [1.165, 1.54) is 0 Å². The van der Waals surface area contributed by atoms with E-state index in [1.54, 1.807) is 0 Å². The van der Waals surface area contributed by atoms with Crippen LogP contribution in [0.2, 0.25) is 5.04 Å². The summed E-state index contributed by atoms with van der Waals surface area (Å²) in [5, 5.41) is 0.221. The van der Waals surface area contributed by atoms with Crippen LogP contribution in [0, 0.1) is 5.92 Å². The summed E-state index contributed by atoms with van der Waals surface area (Å²) in [6.07, 6.45) is 0. The van der Waals surface area contributed by atoms with E-state index in [0.29, 0.717) is 5.92 Å². The summed E-state index contributed by atoms with van der Waals surface area (Å²) in [5.74, 6) is 0.595. The molecule has 0 spiro atoms. The van der Waals surface area contributed by atoms with Crippen LogP contribution in [0.15, 0.2) is 0 Å². The van der Waals surface area contributed by atoms with Gasteiger partial charge in [-0.1, -0.05) is 119 Å². The van der Waals surface area contributed by atoms with Gasteiger partial charge >= 0.3 is 0 Å². The smallest absolute Gasteiger partial charge is 0.126 e. The quantitative estimate of drug-likeness (QED) is 0.213. The zero-order valence-corrected chi connectivity index (χ0v) is 23.3. The van der Waals surface area contributed by atoms with Crippen molar-refractivity contribution in [3.63, 3.8) is 0 Å². The summed E-state index contributed by atoms with van der Waals surface area (Å²) in [7, 11) is 0. The summed E-state index contributed by atoms with van der Waals surface area (Å²) >= 11 is 27.4. The Hall–Kier alpha value is 4.01. The first-order valence-corrected chi connectivity index (χ1v) is 28.3. The minimum atomic E-state index is -1.85. The monoisotopic (exact) mass is 721 g/mol. The van der Waals surface area contributed by atoms with Gasteiger partial charge in [-0.05, 0) is 11.0 Å². The lowest BCUT2D eigenvalue weighted by molar-refractivity contribution is 0.474. The maximum Gasteiger partial charge on any atom is 0.267 e. The van der Waals surface area contributed by atoms with Crippen LogP contribution in [-0.4, -0.2) is 12.6 Å². The van der Waals surface area contributed by atoms with Crippen LogP contribution in [0.4, 0.5) is 0 Å². The molecule has 0 unspecified atom stereocenters. The molecule has 0 aliphatic heterocycles. The molecule has 0 aromatic carbocycles. The fraction of sp³-hybridized carbons (Fsp3) is 1.00. The van der Waals surface area contributed by atoms with Crippen LogP contribution in [0.3, 0.4) is 0 Å². The average Bonchev–Trinajstić information content (AvgIpc) is 1.97. The highest BCUT2D eigenvalue weighted by atomic mass is 80.0. The second kappa shape index (κ2) is 6.41. The zero-order chi connectivity index (χ0) is 13.6. The second-order valence-electron chi connectivity index (χ2n) is 4.53. The fourth-order valence-corrected chi connectivity index (χ4v) is 156. The molecule has 0 aliphatic rings. The summed E-state index contributed by atoms with van der Waals surface area (Å²) in [6.45, 7) is 9.25. The van der Waals surface area contributed by atoms with E-state index in [1.807, 2.05) is 0 Å². The Morgan fingerprint density at radius 2 is 1.00 bits per heavy atom. The first-order valence-electron chi connectivity index (χ1n) is 4.52. The van der Waals surface area contributed by atoms with Gasteiger partial charge in [0.05, 0.1) is 0 Å². The van der Waals surface area contributed by atoms with Crippen LogP contribution in [0.25, 0.3) is 0 Å². The third-order valence-electron chi connectivity index (χ3n) is 3.11. The molecule has 10 heteroatoms. The van der Waals surface area contributed by atoms with Gasteiger partial charge in [0.2, 0.25) is 0 Å². The first kappa shape index (κ1) is 20.0. The normalized spacial score (nSPS) is 15.8. The summed E-state index contributed by atoms with van der Waals surface area (Å²) in [4.78, 5) is 0. The first-order chi connectivity index (χ1) is 6.69. The third kappa shape index (κ3) is 3.80. The molecular formula is C6H13Br7Si3. The van der Waals surface area contributed by atoms with Crippen molar-refractivity contribution in [1.82, 2.24) is 0 Å². The molecule has 0 saturated heterocycles. The third-order valence-corrected chi connectivity index (χ3v) is 117. The lowest BCUT2D eigenvalue weighted by atomic mass is 9.99. The molecule has 0 aromatic rings. The molecule has 0 bridgehead atoms. The Morgan fingerprint density at radius 1 is 0.750 bits per heavy atom. The van der Waals surface area contributed by atoms with Gasteiger partial charge in [-0.15, -0.1) is 15.3 Å². The second-order valence-corrected chi connectivity index (χ2v) is 81.3. The van der Waals surface area contributed by atoms with E-state index >= 15 is 0 Å². The molecule has 0 amide bonds. The number of rotatable bonds is 4. The summed E-state index contributed by atoms with van der Waals surface area (Å²) in [6, 6.07) is 0. The lowest BCUT2D eigenvalue weighted by Crippen LogP contribution is -2.66. The predicted molar refractivity (Wildman–Crippen MR) is 109 cm³/mol. The Bertz CT molecular complexity index is 240. The molecule has 0 saturated carbocycles. The largest absolute Gasteiger partial charge is 0.267 e. The molecule has 0 fully saturated rings. The number of halogens is 7. The minimum Gasteiger partial charge on any atom is -0.126 e. The molecule has 0 nitrogen and oxygen atoms in total. The Morgan fingerprint density at radius 3 is 1.06 bits per heavy atom. The molecule has 0 aromatic heterocycles. The molecule has 0 heterocycles. The molecule has 98 valence electrons. The van der Waals surface area contributed by atoms with E-state index in [2.05, 4.69) is 135 Å². The van der Waals surface area contributed by atoms with Crippen LogP contribution in [-0.2, 0) is 0 Å². The van der Waals surface area contributed by atoms with Crippen LogP contribution < -0.4 is 0 Å². The highest BCUT2D eigenvalue weighted by molar-refractivity contribution is 9.83. The average molecular weight is 729 g/mol. The molecule has 0 radical (unpaired) electrons. The molecule has 0 atom stereocenters. The Kier molecular flexibility index (Phi) is 8.02. The molecule has 0 N–H and O–H groups in total. The molecule has 16 heavy (non-hydrogen) atoms. The molecule has 0 aliphatic carbocycles. The van der Waals surface area contributed by atoms with Crippen molar-refractivity contribution in [3.05, 3.63) is 0 Å².